The van der Waals surface area contributed by atoms with Crippen LogP contribution in [0.2, 0.25) is 0 Å². The van der Waals surface area contributed by atoms with Crippen LogP contribution >= 0.6 is 0 Å². The molecule has 0 radical (unpaired) electrons. The molecule has 1 heterocycles. The minimum absolute atomic E-state index is 0.0644. The Kier molecular flexibility index (Phi) is 5.53. The van der Waals surface area contributed by atoms with Crippen LogP contribution in [0.1, 0.15) is 39.2 Å². The molecule has 5 nitrogen and oxygen atoms in total. The predicted octanol–water partition coefficient (Wildman–Crippen LogP) is 2.23. The molecule has 7 heteroatoms. The quantitative estimate of drug-likeness (QED) is 0.781. The summed E-state index contributed by atoms with van der Waals surface area (Å²) in [6, 6.07) is 6.16. The Morgan fingerprint density at radius 1 is 1.22 bits per heavy atom. The van der Waals surface area contributed by atoms with E-state index >= 15 is 0 Å². The third-order valence-corrected chi connectivity index (χ3v) is 8.33. The van der Waals surface area contributed by atoms with Crippen molar-refractivity contribution in [3.63, 3.8) is 0 Å². The van der Waals surface area contributed by atoms with Gasteiger partial charge in [0.2, 0.25) is 10.0 Å². The summed E-state index contributed by atoms with van der Waals surface area (Å²) in [5, 5.41) is 0. The zero-order valence-electron chi connectivity index (χ0n) is 13.9. The van der Waals surface area contributed by atoms with E-state index in [1.165, 1.54) is 4.31 Å². The van der Waals surface area contributed by atoms with Gasteiger partial charge in [0.15, 0.2) is 9.84 Å². The maximum Gasteiger partial charge on any atom is 0.243 e. The SMILES string of the molecule is CCc1ccc(S(=O)(=O)N([C@@H]2CCS(=O)(=O)C2)[C@@H](C)CC)cc1. The van der Waals surface area contributed by atoms with Gasteiger partial charge in [0.05, 0.1) is 16.4 Å². The molecule has 1 saturated heterocycles. The van der Waals surface area contributed by atoms with E-state index in [9.17, 15) is 16.8 Å². The van der Waals surface area contributed by atoms with Gasteiger partial charge in [-0.1, -0.05) is 26.0 Å². The van der Waals surface area contributed by atoms with Crippen LogP contribution in [-0.4, -0.2) is 44.7 Å². The van der Waals surface area contributed by atoms with E-state index < -0.39 is 25.9 Å². The summed E-state index contributed by atoms with van der Waals surface area (Å²) in [4.78, 5) is 0.235. The van der Waals surface area contributed by atoms with Crippen LogP contribution in [0.15, 0.2) is 29.2 Å². The molecule has 0 saturated carbocycles. The van der Waals surface area contributed by atoms with Gasteiger partial charge < -0.3 is 0 Å². The van der Waals surface area contributed by atoms with Crippen LogP contribution in [0.5, 0.6) is 0 Å². The van der Waals surface area contributed by atoms with Gasteiger partial charge in [-0.25, -0.2) is 16.8 Å². The van der Waals surface area contributed by atoms with E-state index in [2.05, 4.69) is 0 Å². The summed E-state index contributed by atoms with van der Waals surface area (Å²) in [6.45, 7) is 5.76. The predicted molar refractivity (Wildman–Crippen MR) is 91.7 cm³/mol. The first kappa shape index (κ1) is 18.4. The molecule has 1 fully saturated rings. The summed E-state index contributed by atoms with van der Waals surface area (Å²) >= 11 is 0. The van der Waals surface area contributed by atoms with E-state index in [1.807, 2.05) is 32.9 Å². The first-order valence-corrected chi connectivity index (χ1v) is 11.3. The summed E-state index contributed by atoms with van der Waals surface area (Å²) in [5.74, 6) is -0.0154. The van der Waals surface area contributed by atoms with Crippen molar-refractivity contribution < 1.29 is 16.8 Å². The van der Waals surface area contributed by atoms with Gasteiger partial charge >= 0.3 is 0 Å². The minimum Gasteiger partial charge on any atom is -0.229 e. The third kappa shape index (κ3) is 3.95. The first-order chi connectivity index (χ1) is 10.7. The molecule has 1 aromatic carbocycles. The second-order valence-electron chi connectivity index (χ2n) is 6.15. The minimum atomic E-state index is -3.70. The number of hydrogen-bond donors (Lipinski definition) is 0. The van der Waals surface area contributed by atoms with Gasteiger partial charge in [-0.05, 0) is 43.9 Å². The number of sulfonamides is 1. The molecule has 0 N–H and O–H groups in total. The molecule has 2 rings (SSSR count). The molecule has 0 amide bonds. The number of benzene rings is 1. The number of hydrogen-bond acceptors (Lipinski definition) is 4. The van der Waals surface area contributed by atoms with Gasteiger partial charge in [0.25, 0.3) is 0 Å². The second-order valence-corrected chi connectivity index (χ2v) is 10.2. The first-order valence-electron chi connectivity index (χ1n) is 8.04. The smallest absolute Gasteiger partial charge is 0.229 e. The molecule has 1 aliphatic heterocycles. The van der Waals surface area contributed by atoms with Crippen LogP contribution < -0.4 is 0 Å². The maximum absolute atomic E-state index is 13.1. The van der Waals surface area contributed by atoms with Crippen molar-refractivity contribution in [3.8, 4) is 0 Å². The number of rotatable bonds is 6. The average molecular weight is 360 g/mol. The number of aryl methyl sites for hydroxylation is 1. The average Bonchev–Trinajstić information content (AvgIpc) is 2.86. The Bertz CT molecular complexity index is 739. The van der Waals surface area contributed by atoms with Crippen molar-refractivity contribution in [1.82, 2.24) is 4.31 Å². The van der Waals surface area contributed by atoms with Crippen LogP contribution in [0.25, 0.3) is 0 Å². The Morgan fingerprint density at radius 3 is 2.26 bits per heavy atom. The zero-order chi connectivity index (χ0) is 17.3. The monoisotopic (exact) mass is 359 g/mol. The van der Waals surface area contributed by atoms with E-state index in [0.717, 1.165) is 12.0 Å². The van der Waals surface area contributed by atoms with Gasteiger partial charge in [-0.2, -0.15) is 4.31 Å². The molecular formula is C16H25NO4S2. The molecule has 0 bridgehead atoms. The van der Waals surface area contributed by atoms with Crippen molar-refractivity contribution in [2.24, 2.45) is 0 Å². The number of sulfone groups is 1. The van der Waals surface area contributed by atoms with E-state index in [-0.39, 0.29) is 22.4 Å². The highest BCUT2D eigenvalue weighted by Gasteiger charge is 2.40. The molecular weight excluding hydrogens is 334 g/mol. The highest BCUT2D eigenvalue weighted by Crippen LogP contribution is 2.28. The van der Waals surface area contributed by atoms with Crippen molar-refractivity contribution in [1.29, 1.82) is 0 Å². The van der Waals surface area contributed by atoms with E-state index in [4.69, 9.17) is 0 Å². The normalized spacial score (nSPS) is 22.3. The van der Waals surface area contributed by atoms with Gasteiger partial charge in [0.1, 0.15) is 0 Å². The fraction of sp³-hybridized carbons (Fsp3) is 0.625. The molecule has 0 aromatic heterocycles. The summed E-state index contributed by atoms with van der Waals surface area (Å²) < 4.78 is 51.1. The van der Waals surface area contributed by atoms with Crippen molar-refractivity contribution >= 4 is 19.9 Å². The van der Waals surface area contributed by atoms with Crippen molar-refractivity contribution in [2.45, 2.75) is 57.0 Å². The fourth-order valence-corrected chi connectivity index (χ4v) is 6.69. The van der Waals surface area contributed by atoms with E-state index in [0.29, 0.717) is 12.8 Å². The number of nitrogens with zero attached hydrogens (tertiary/aromatic N) is 1. The molecule has 2 atom stereocenters. The molecule has 0 unspecified atom stereocenters. The highest BCUT2D eigenvalue weighted by molar-refractivity contribution is 7.92. The lowest BCUT2D eigenvalue weighted by Gasteiger charge is -2.32. The van der Waals surface area contributed by atoms with Crippen LogP contribution in [0.3, 0.4) is 0 Å². The van der Waals surface area contributed by atoms with Crippen LogP contribution in [0, 0.1) is 0 Å². The lowest BCUT2D eigenvalue weighted by Crippen LogP contribution is -2.46. The van der Waals surface area contributed by atoms with E-state index in [1.54, 1.807) is 12.1 Å². The third-order valence-electron chi connectivity index (χ3n) is 4.50. The van der Waals surface area contributed by atoms with Crippen molar-refractivity contribution in [2.75, 3.05) is 11.5 Å². The second kappa shape index (κ2) is 6.91. The lowest BCUT2D eigenvalue weighted by molar-refractivity contribution is 0.271. The largest absolute Gasteiger partial charge is 0.243 e. The Morgan fingerprint density at radius 2 is 1.83 bits per heavy atom. The van der Waals surface area contributed by atoms with Gasteiger partial charge in [-0.15, -0.1) is 0 Å². The molecule has 23 heavy (non-hydrogen) atoms. The molecule has 130 valence electrons. The highest BCUT2D eigenvalue weighted by atomic mass is 32.2. The Hall–Kier alpha value is -0.920. The zero-order valence-corrected chi connectivity index (χ0v) is 15.5. The molecule has 0 aliphatic carbocycles. The summed E-state index contributed by atoms with van der Waals surface area (Å²) in [5.41, 5.74) is 1.07. The molecule has 1 aliphatic rings. The Labute approximate surface area is 139 Å². The molecule has 0 spiro atoms. The van der Waals surface area contributed by atoms with Crippen molar-refractivity contribution in [3.05, 3.63) is 29.8 Å². The van der Waals surface area contributed by atoms with Crippen LogP contribution in [0.4, 0.5) is 0 Å². The Balaban J connectivity index is 2.41. The lowest BCUT2D eigenvalue weighted by atomic mass is 10.2. The van der Waals surface area contributed by atoms with Crippen LogP contribution in [-0.2, 0) is 26.3 Å². The van der Waals surface area contributed by atoms with Gasteiger partial charge in [0, 0.05) is 12.1 Å². The topological polar surface area (TPSA) is 71.5 Å². The molecule has 1 aromatic rings. The van der Waals surface area contributed by atoms with Gasteiger partial charge in [-0.3, -0.25) is 0 Å². The fourth-order valence-electron chi connectivity index (χ4n) is 2.97. The summed E-state index contributed by atoms with van der Waals surface area (Å²) in [7, 11) is -6.84. The summed E-state index contributed by atoms with van der Waals surface area (Å²) in [6.07, 6.45) is 1.86. The maximum atomic E-state index is 13.1. The standard InChI is InChI=1S/C16H25NO4S2/c1-4-13(3)17(15-10-11-22(18,19)12-15)23(20,21)16-8-6-14(5-2)7-9-16/h6-9,13,15H,4-5,10-12H2,1-3H3/t13-,15+/m0/s1.